The summed E-state index contributed by atoms with van der Waals surface area (Å²) in [5, 5.41) is 12.3. The molecule has 1 aliphatic heterocycles. The van der Waals surface area contributed by atoms with Gasteiger partial charge in [-0.2, -0.15) is 0 Å². The van der Waals surface area contributed by atoms with E-state index in [1.807, 2.05) is 13.8 Å². The fourth-order valence-corrected chi connectivity index (χ4v) is 2.81. The van der Waals surface area contributed by atoms with Gasteiger partial charge in [0, 0.05) is 12.6 Å². The number of rotatable bonds is 8. The van der Waals surface area contributed by atoms with Crippen LogP contribution >= 0.6 is 0 Å². The quantitative estimate of drug-likeness (QED) is 0.699. The van der Waals surface area contributed by atoms with E-state index >= 15 is 0 Å². The van der Waals surface area contributed by atoms with E-state index < -0.39 is 12.0 Å². The van der Waals surface area contributed by atoms with Crippen LogP contribution in [0.2, 0.25) is 0 Å². The summed E-state index contributed by atoms with van der Waals surface area (Å²) in [5.74, 6) is 0.0175. The second-order valence-electron chi connectivity index (χ2n) is 6.51. The van der Waals surface area contributed by atoms with Crippen molar-refractivity contribution in [3.05, 3.63) is 0 Å². The van der Waals surface area contributed by atoms with E-state index in [2.05, 4.69) is 29.2 Å². The highest BCUT2D eigenvalue weighted by atomic mass is 16.4. The Labute approximate surface area is 123 Å². The third-order valence-corrected chi connectivity index (χ3v) is 4.04. The van der Waals surface area contributed by atoms with Crippen LogP contribution in [0.1, 0.15) is 33.1 Å². The first kappa shape index (κ1) is 17.4. The second kappa shape index (κ2) is 8.60. The smallest absolute Gasteiger partial charge is 0.320 e. The number of carbonyl (C=O) groups is 1. The van der Waals surface area contributed by atoms with E-state index in [4.69, 9.17) is 0 Å². The van der Waals surface area contributed by atoms with Gasteiger partial charge in [0.25, 0.3) is 0 Å². The molecule has 1 fully saturated rings. The lowest BCUT2D eigenvalue weighted by Crippen LogP contribution is -2.43. The first-order valence-corrected chi connectivity index (χ1v) is 7.74. The van der Waals surface area contributed by atoms with Crippen LogP contribution in [-0.2, 0) is 4.79 Å². The number of nitrogens with zero attached hydrogens (tertiary/aromatic N) is 2. The molecule has 1 aliphatic rings. The molecular formula is C15H31N3O2. The van der Waals surface area contributed by atoms with Crippen LogP contribution in [0.4, 0.5) is 0 Å². The zero-order chi connectivity index (χ0) is 15.1. The van der Waals surface area contributed by atoms with Crippen LogP contribution in [0.25, 0.3) is 0 Å². The predicted octanol–water partition coefficient (Wildman–Crippen LogP) is 1.10. The Hall–Kier alpha value is -0.650. The third kappa shape index (κ3) is 6.68. The Kier molecular flexibility index (Phi) is 7.48. The molecular weight excluding hydrogens is 254 g/mol. The maximum Gasteiger partial charge on any atom is 0.320 e. The topological polar surface area (TPSA) is 55.8 Å². The Morgan fingerprint density at radius 2 is 2.00 bits per heavy atom. The summed E-state index contributed by atoms with van der Waals surface area (Å²) in [6.45, 7) is 8.26. The van der Waals surface area contributed by atoms with Crippen molar-refractivity contribution >= 4 is 5.97 Å². The van der Waals surface area contributed by atoms with E-state index in [0.29, 0.717) is 6.42 Å². The van der Waals surface area contributed by atoms with E-state index in [9.17, 15) is 9.90 Å². The Balaban J connectivity index is 2.27. The predicted molar refractivity (Wildman–Crippen MR) is 82.0 cm³/mol. The van der Waals surface area contributed by atoms with Gasteiger partial charge in [-0.15, -0.1) is 0 Å². The number of likely N-dealkylation sites (tertiary alicyclic amines) is 1. The maximum atomic E-state index is 11.2. The van der Waals surface area contributed by atoms with Crippen molar-refractivity contribution in [1.29, 1.82) is 0 Å². The van der Waals surface area contributed by atoms with E-state index in [-0.39, 0.29) is 6.04 Å². The lowest BCUT2D eigenvalue weighted by Gasteiger charge is -2.32. The van der Waals surface area contributed by atoms with Crippen molar-refractivity contribution in [2.24, 2.45) is 5.92 Å². The molecule has 0 aromatic rings. The summed E-state index contributed by atoms with van der Waals surface area (Å²) in [6, 6.07) is -0.231. The van der Waals surface area contributed by atoms with Crippen molar-refractivity contribution < 1.29 is 9.90 Å². The summed E-state index contributed by atoms with van der Waals surface area (Å²) in [4.78, 5) is 15.9. The number of hydrogen-bond donors (Lipinski definition) is 2. The molecule has 0 radical (unpaired) electrons. The van der Waals surface area contributed by atoms with Gasteiger partial charge >= 0.3 is 5.97 Å². The fourth-order valence-electron chi connectivity index (χ4n) is 2.81. The molecule has 1 rings (SSSR count). The van der Waals surface area contributed by atoms with Gasteiger partial charge in [-0.05, 0) is 58.9 Å². The summed E-state index contributed by atoms with van der Waals surface area (Å²) in [7, 11) is 4.28. The molecule has 0 aromatic carbocycles. The molecule has 0 aromatic heterocycles. The normalized spacial score (nSPS) is 19.7. The Bertz CT molecular complexity index is 289. The van der Waals surface area contributed by atoms with Gasteiger partial charge in [0.15, 0.2) is 0 Å². The number of nitrogens with one attached hydrogen (secondary N) is 1. The van der Waals surface area contributed by atoms with Gasteiger partial charge in [0.1, 0.15) is 6.04 Å². The van der Waals surface area contributed by atoms with Crippen molar-refractivity contribution in [3.8, 4) is 0 Å². The van der Waals surface area contributed by atoms with Crippen LogP contribution in [0.5, 0.6) is 0 Å². The van der Waals surface area contributed by atoms with Crippen LogP contribution in [0.15, 0.2) is 0 Å². The molecule has 5 heteroatoms. The van der Waals surface area contributed by atoms with E-state index in [1.54, 1.807) is 0 Å². The van der Waals surface area contributed by atoms with Crippen molar-refractivity contribution in [2.45, 2.75) is 45.2 Å². The van der Waals surface area contributed by atoms with E-state index in [1.165, 1.54) is 25.9 Å². The average Bonchev–Trinajstić information content (AvgIpc) is 2.36. The zero-order valence-electron chi connectivity index (χ0n) is 13.4. The molecule has 1 unspecified atom stereocenters. The third-order valence-electron chi connectivity index (χ3n) is 4.04. The number of piperidine rings is 1. The van der Waals surface area contributed by atoms with Crippen molar-refractivity contribution in [2.75, 3.05) is 40.3 Å². The van der Waals surface area contributed by atoms with Gasteiger partial charge in [0.05, 0.1) is 0 Å². The summed E-state index contributed by atoms with van der Waals surface area (Å²) < 4.78 is 0. The SMILES string of the molecule is CC(C)NC(CCN(C)CC1CCN(C)CC1)C(=O)O. The minimum absolute atomic E-state index is 0.204. The Morgan fingerprint density at radius 3 is 2.50 bits per heavy atom. The molecule has 1 heterocycles. The molecule has 0 aliphatic carbocycles. The number of carboxylic acids is 1. The van der Waals surface area contributed by atoms with Crippen LogP contribution in [0, 0.1) is 5.92 Å². The lowest BCUT2D eigenvalue weighted by molar-refractivity contribution is -0.139. The molecule has 0 bridgehead atoms. The number of aliphatic carboxylic acids is 1. The first-order valence-electron chi connectivity index (χ1n) is 7.74. The summed E-state index contributed by atoms with van der Waals surface area (Å²) in [6.07, 6.45) is 3.18. The minimum atomic E-state index is -0.744. The van der Waals surface area contributed by atoms with Gasteiger partial charge in [0.2, 0.25) is 0 Å². The maximum absolute atomic E-state index is 11.2. The molecule has 0 saturated carbocycles. The van der Waals surface area contributed by atoms with Crippen LogP contribution < -0.4 is 5.32 Å². The van der Waals surface area contributed by atoms with E-state index in [0.717, 1.165) is 19.0 Å². The number of carboxylic acid groups (broad SMARTS) is 1. The standard InChI is InChI=1S/C15H31N3O2/c1-12(2)16-14(15(19)20)7-10-18(4)11-13-5-8-17(3)9-6-13/h12-14,16H,5-11H2,1-4H3,(H,19,20). The monoisotopic (exact) mass is 285 g/mol. The number of hydrogen-bond acceptors (Lipinski definition) is 4. The summed E-state index contributed by atoms with van der Waals surface area (Å²) in [5.41, 5.74) is 0. The van der Waals surface area contributed by atoms with Crippen LogP contribution in [0.3, 0.4) is 0 Å². The molecule has 1 atom stereocenters. The van der Waals surface area contributed by atoms with Gasteiger partial charge in [-0.25, -0.2) is 0 Å². The molecule has 0 amide bonds. The lowest BCUT2D eigenvalue weighted by atomic mass is 9.96. The minimum Gasteiger partial charge on any atom is -0.480 e. The first-order chi connectivity index (χ1) is 9.38. The zero-order valence-corrected chi connectivity index (χ0v) is 13.4. The molecule has 5 nitrogen and oxygen atoms in total. The van der Waals surface area contributed by atoms with Gasteiger partial charge < -0.3 is 20.2 Å². The highest BCUT2D eigenvalue weighted by molar-refractivity contribution is 5.73. The van der Waals surface area contributed by atoms with Gasteiger partial charge in [-0.3, -0.25) is 4.79 Å². The summed E-state index contributed by atoms with van der Waals surface area (Å²) >= 11 is 0. The molecule has 20 heavy (non-hydrogen) atoms. The van der Waals surface area contributed by atoms with Gasteiger partial charge in [-0.1, -0.05) is 13.8 Å². The highest BCUT2D eigenvalue weighted by Crippen LogP contribution is 2.16. The highest BCUT2D eigenvalue weighted by Gasteiger charge is 2.21. The second-order valence-corrected chi connectivity index (χ2v) is 6.51. The Morgan fingerprint density at radius 1 is 1.40 bits per heavy atom. The largest absolute Gasteiger partial charge is 0.480 e. The molecule has 118 valence electrons. The van der Waals surface area contributed by atoms with Crippen molar-refractivity contribution in [3.63, 3.8) is 0 Å². The fraction of sp³-hybridized carbons (Fsp3) is 0.933. The average molecular weight is 285 g/mol. The van der Waals surface area contributed by atoms with Crippen molar-refractivity contribution in [1.82, 2.24) is 15.1 Å². The molecule has 1 saturated heterocycles. The van der Waals surface area contributed by atoms with Crippen LogP contribution in [-0.4, -0.2) is 73.2 Å². The molecule has 2 N–H and O–H groups in total. The molecule has 0 spiro atoms.